The van der Waals surface area contributed by atoms with E-state index >= 15 is 0 Å². The second-order valence-corrected chi connectivity index (χ2v) is 11.7. The minimum atomic E-state index is -1.17. The number of phenolic OH excluding ortho intramolecular Hbond substituents is 4. The van der Waals surface area contributed by atoms with E-state index in [0.717, 1.165) is 11.1 Å². The third-order valence-electron chi connectivity index (χ3n) is 8.70. The maximum Gasteiger partial charge on any atom is 0.248 e. The van der Waals surface area contributed by atoms with Gasteiger partial charge in [0, 0.05) is 30.1 Å². The number of carbonyl (C=O) groups excluding carboxylic acids is 2. The number of aromatic hydroxyl groups is 4. The fourth-order valence-corrected chi connectivity index (χ4v) is 6.20. The van der Waals surface area contributed by atoms with E-state index in [-0.39, 0.29) is 64.7 Å². The van der Waals surface area contributed by atoms with Crippen LogP contribution < -0.4 is 29.6 Å². The predicted molar refractivity (Wildman–Crippen MR) is 185 cm³/mol. The average Bonchev–Trinajstić information content (AvgIpc) is 3.12. The summed E-state index contributed by atoms with van der Waals surface area (Å²) in [6.07, 6.45) is 2.50. The number of carbonyl (C=O) groups is 2. The topological polar surface area (TPSA) is 176 Å². The summed E-state index contributed by atoms with van der Waals surface area (Å²) in [5.74, 6) is -3.12. The van der Waals surface area contributed by atoms with E-state index in [1.165, 1.54) is 28.4 Å². The Morgan fingerprint density at radius 1 is 0.660 bits per heavy atom. The van der Waals surface area contributed by atoms with E-state index in [9.17, 15) is 30.0 Å². The van der Waals surface area contributed by atoms with Gasteiger partial charge in [-0.25, -0.2) is 0 Å². The zero-order chi connectivity index (χ0) is 35.9. The molecule has 2 atom stereocenters. The second-order valence-electron chi connectivity index (χ2n) is 11.7. The highest BCUT2D eigenvalue weighted by molar-refractivity contribution is 6.06. The standard InChI is InChI=1S/C38H40N2O10/c1-47-28-19-24(20-29(48-2)34(28)43)31-32-23(18-30(49-3)35(44)36(32)50-4)17-27(37(45)39-15-13-21-5-9-25(41)10-6-21)33(31)38(46)40-16-14-22-7-11-26(42)12-8-22/h5-12,17-20,31,33,41-44H,13-16H2,1-4H3,(H,39,45)(H,40,46)/t31-,33-/m0/s1. The van der Waals surface area contributed by atoms with E-state index in [1.807, 2.05) is 0 Å². The molecule has 50 heavy (non-hydrogen) atoms. The molecule has 0 heterocycles. The van der Waals surface area contributed by atoms with Gasteiger partial charge in [0.1, 0.15) is 11.5 Å². The third-order valence-corrected chi connectivity index (χ3v) is 8.70. The third kappa shape index (κ3) is 7.34. The van der Waals surface area contributed by atoms with Crippen LogP contribution in [-0.4, -0.2) is 73.8 Å². The maximum atomic E-state index is 14.4. The van der Waals surface area contributed by atoms with Crippen molar-refractivity contribution in [1.82, 2.24) is 10.6 Å². The highest BCUT2D eigenvalue weighted by Gasteiger charge is 2.44. The minimum Gasteiger partial charge on any atom is -0.508 e. The average molecular weight is 685 g/mol. The first kappa shape index (κ1) is 35.3. The van der Waals surface area contributed by atoms with Crippen LogP contribution in [0.5, 0.6) is 46.0 Å². The first-order chi connectivity index (χ1) is 24.1. The predicted octanol–water partition coefficient (Wildman–Crippen LogP) is 4.41. The molecule has 2 amide bonds. The van der Waals surface area contributed by atoms with Crippen molar-refractivity contribution in [1.29, 1.82) is 0 Å². The fraction of sp³-hybridized carbons (Fsp3) is 0.263. The molecule has 0 aliphatic heterocycles. The summed E-state index contributed by atoms with van der Waals surface area (Å²) in [6.45, 7) is 0.444. The van der Waals surface area contributed by atoms with Crippen molar-refractivity contribution >= 4 is 17.9 Å². The molecule has 1 aliphatic carbocycles. The molecule has 0 saturated heterocycles. The normalized spacial score (nSPS) is 14.9. The Morgan fingerprint density at radius 2 is 1.16 bits per heavy atom. The minimum absolute atomic E-state index is 0.0419. The molecule has 1 aliphatic rings. The lowest BCUT2D eigenvalue weighted by Gasteiger charge is -2.35. The summed E-state index contributed by atoms with van der Waals surface area (Å²) < 4.78 is 22.1. The Morgan fingerprint density at radius 3 is 1.66 bits per heavy atom. The summed E-state index contributed by atoms with van der Waals surface area (Å²) >= 11 is 0. The molecule has 5 rings (SSSR count). The molecule has 4 aromatic rings. The van der Waals surface area contributed by atoms with Gasteiger partial charge in [0.2, 0.25) is 23.3 Å². The van der Waals surface area contributed by atoms with Crippen LogP contribution in [0.2, 0.25) is 0 Å². The van der Waals surface area contributed by atoms with Gasteiger partial charge in [0.25, 0.3) is 0 Å². The molecule has 12 heteroatoms. The second kappa shape index (κ2) is 15.5. The first-order valence-corrected chi connectivity index (χ1v) is 15.9. The van der Waals surface area contributed by atoms with Gasteiger partial charge in [-0.15, -0.1) is 0 Å². The van der Waals surface area contributed by atoms with Crippen LogP contribution in [-0.2, 0) is 22.4 Å². The lowest BCUT2D eigenvalue weighted by atomic mass is 9.70. The van der Waals surface area contributed by atoms with E-state index in [0.29, 0.717) is 29.5 Å². The molecule has 0 spiro atoms. The zero-order valence-electron chi connectivity index (χ0n) is 28.1. The monoisotopic (exact) mass is 684 g/mol. The molecule has 0 unspecified atom stereocenters. The molecule has 6 N–H and O–H groups in total. The number of amides is 2. The number of phenols is 4. The van der Waals surface area contributed by atoms with Crippen LogP contribution in [0.1, 0.15) is 33.7 Å². The van der Waals surface area contributed by atoms with Crippen molar-refractivity contribution in [2.75, 3.05) is 41.5 Å². The van der Waals surface area contributed by atoms with Gasteiger partial charge in [-0.3, -0.25) is 9.59 Å². The van der Waals surface area contributed by atoms with Crippen LogP contribution in [0.15, 0.2) is 72.3 Å². The van der Waals surface area contributed by atoms with Crippen LogP contribution >= 0.6 is 0 Å². The summed E-state index contributed by atoms with van der Waals surface area (Å²) in [5, 5.41) is 47.2. The Bertz CT molecular complexity index is 1860. The molecular formula is C38H40N2O10. The SMILES string of the molecule is COc1cc([C@H]2c3c(cc(OC)c(O)c3OC)C=C(C(=O)NCCc3ccc(O)cc3)[C@@H]2C(=O)NCCc2ccc(O)cc2)cc(OC)c1O. The molecule has 0 fully saturated rings. The van der Waals surface area contributed by atoms with Gasteiger partial charge in [-0.05, 0) is 83.6 Å². The van der Waals surface area contributed by atoms with Gasteiger partial charge in [-0.2, -0.15) is 0 Å². The first-order valence-electron chi connectivity index (χ1n) is 15.9. The molecular weight excluding hydrogens is 644 g/mol. The number of ether oxygens (including phenoxy) is 4. The van der Waals surface area contributed by atoms with Gasteiger partial charge in [0.05, 0.1) is 34.4 Å². The van der Waals surface area contributed by atoms with Crippen molar-refractivity contribution in [3.05, 3.63) is 100 Å². The highest BCUT2D eigenvalue weighted by atomic mass is 16.5. The van der Waals surface area contributed by atoms with Gasteiger partial charge in [0.15, 0.2) is 23.0 Å². The zero-order valence-corrected chi connectivity index (χ0v) is 28.1. The quantitative estimate of drug-likeness (QED) is 0.118. The smallest absolute Gasteiger partial charge is 0.248 e. The lowest BCUT2D eigenvalue weighted by molar-refractivity contribution is -0.127. The Hall–Kier alpha value is -6.04. The van der Waals surface area contributed by atoms with E-state index in [1.54, 1.807) is 72.8 Å². The molecule has 0 bridgehead atoms. The molecule has 0 radical (unpaired) electrons. The number of benzene rings is 4. The number of methoxy groups -OCH3 is 4. The maximum absolute atomic E-state index is 14.4. The Labute approximate surface area is 289 Å². The van der Waals surface area contributed by atoms with Gasteiger partial charge >= 0.3 is 0 Å². The van der Waals surface area contributed by atoms with Crippen molar-refractivity contribution < 1.29 is 49.0 Å². The van der Waals surface area contributed by atoms with Crippen LogP contribution in [0.4, 0.5) is 0 Å². The largest absolute Gasteiger partial charge is 0.508 e. The van der Waals surface area contributed by atoms with E-state index < -0.39 is 23.7 Å². The van der Waals surface area contributed by atoms with E-state index in [4.69, 9.17) is 18.9 Å². The Balaban J connectivity index is 1.62. The number of hydrogen-bond acceptors (Lipinski definition) is 10. The van der Waals surface area contributed by atoms with E-state index in [2.05, 4.69) is 10.6 Å². The molecule has 0 aromatic heterocycles. The van der Waals surface area contributed by atoms with Crippen LogP contribution in [0.3, 0.4) is 0 Å². The molecule has 12 nitrogen and oxygen atoms in total. The molecule has 262 valence electrons. The summed E-state index contributed by atoms with van der Waals surface area (Å²) in [4.78, 5) is 28.5. The number of fused-ring (bicyclic) bond motifs is 1. The Kier molecular flexibility index (Phi) is 10.9. The summed E-state index contributed by atoms with van der Waals surface area (Å²) in [7, 11) is 5.53. The van der Waals surface area contributed by atoms with Crippen LogP contribution in [0, 0.1) is 5.92 Å². The number of rotatable bonds is 13. The number of nitrogens with one attached hydrogen (secondary N) is 2. The number of hydrogen-bond donors (Lipinski definition) is 6. The lowest BCUT2D eigenvalue weighted by Crippen LogP contribution is -2.42. The van der Waals surface area contributed by atoms with Crippen LogP contribution in [0.25, 0.3) is 6.08 Å². The van der Waals surface area contributed by atoms with Gasteiger partial charge < -0.3 is 50.0 Å². The molecule has 0 saturated carbocycles. The van der Waals surface area contributed by atoms with Crippen molar-refractivity contribution in [2.45, 2.75) is 18.8 Å². The van der Waals surface area contributed by atoms with Crippen molar-refractivity contribution in [3.8, 4) is 46.0 Å². The fourth-order valence-electron chi connectivity index (χ4n) is 6.20. The van der Waals surface area contributed by atoms with Gasteiger partial charge in [-0.1, -0.05) is 24.3 Å². The van der Waals surface area contributed by atoms with Crippen molar-refractivity contribution in [2.24, 2.45) is 5.92 Å². The highest BCUT2D eigenvalue weighted by Crippen LogP contribution is 2.54. The summed E-state index contributed by atoms with van der Waals surface area (Å²) in [5.41, 5.74) is 3.20. The van der Waals surface area contributed by atoms with Crippen molar-refractivity contribution in [3.63, 3.8) is 0 Å². The summed E-state index contributed by atoms with van der Waals surface area (Å²) in [6, 6.07) is 18.0. The molecule has 4 aromatic carbocycles.